The third kappa shape index (κ3) is 2.75. The van der Waals surface area contributed by atoms with E-state index in [0.29, 0.717) is 11.5 Å². The summed E-state index contributed by atoms with van der Waals surface area (Å²) in [5.74, 6) is -0.172. The van der Waals surface area contributed by atoms with E-state index in [1.807, 2.05) is 6.92 Å². The number of aliphatic carboxylic acids is 1. The van der Waals surface area contributed by atoms with Gasteiger partial charge in [0.15, 0.2) is 0 Å². The monoisotopic (exact) mass is 303 g/mol. The van der Waals surface area contributed by atoms with Crippen LogP contribution in [-0.2, 0) is 9.59 Å². The van der Waals surface area contributed by atoms with E-state index in [1.54, 1.807) is 16.7 Å². The summed E-state index contributed by atoms with van der Waals surface area (Å²) in [4.78, 5) is 25.4. The van der Waals surface area contributed by atoms with Crippen LogP contribution in [0.3, 0.4) is 0 Å². The minimum absolute atomic E-state index is 0.0469. The lowest BCUT2D eigenvalue weighted by Crippen LogP contribution is -2.55. The Balaban J connectivity index is 2.28. The van der Waals surface area contributed by atoms with Crippen LogP contribution in [0.25, 0.3) is 0 Å². The highest BCUT2D eigenvalue weighted by Gasteiger charge is 2.52. The number of carboxylic acids is 1. The van der Waals surface area contributed by atoms with Crippen molar-refractivity contribution in [2.75, 3.05) is 11.5 Å². The molecule has 1 aliphatic heterocycles. The van der Waals surface area contributed by atoms with Crippen molar-refractivity contribution < 1.29 is 14.7 Å². The van der Waals surface area contributed by atoms with E-state index in [9.17, 15) is 14.7 Å². The molecule has 0 bridgehead atoms. The third-order valence-electron chi connectivity index (χ3n) is 4.11. The Hall–Kier alpha value is -0.360. The van der Waals surface area contributed by atoms with Gasteiger partial charge in [0, 0.05) is 17.4 Å². The minimum atomic E-state index is -0.880. The Morgan fingerprint density at radius 3 is 2.58 bits per heavy atom. The molecule has 0 aromatic rings. The Morgan fingerprint density at radius 1 is 1.42 bits per heavy atom. The van der Waals surface area contributed by atoms with E-state index in [0.717, 1.165) is 25.7 Å². The Kier molecular flexibility index (Phi) is 4.71. The van der Waals surface area contributed by atoms with Gasteiger partial charge in [-0.3, -0.25) is 4.79 Å². The lowest BCUT2D eigenvalue weighted by molar-refractivity contribution is -0.153. The van der Waals surface area contributed by atoms with E-state index in [2.05, 4.69) is 12.6 Å². The van der Waals surface area contributed by atoms with Gasteiger partial charge < -0.3 is 10.0 Å². The lowest BCUT2D eigenvalue weighted by Gasteiger charge is -2.42. The molecule has 2 fully saturated rings. The Bertz CT molecular complexity index is 369. The molecule has 0 radical (unpaired) electrons. The summed E-state index contributed by atoms with van der Waals surface area (Å²) in [6.07, 6.45) is 5.19. The van der Waals surface area contributed by atoms with Crippen LogP contribution in [0.2, 0.25) is 0 Å². The van der Waals surface area contributed by atoms with Gasteiger partial charge >= 0.3 is 5.97 Å². The molecule has 19 heavy (non-hydrogen) atoms. The number of rotatable bonds is 3. The maximum absolute atomic E-state index is 12.6. The maximum Gasteiger partial charge on any atom is 0.327 e. The van der Waals surface area contributed by atoms with Crippen LogP contribution < -0.4 is 0 Å². The summed E-state index contributed by atoms with van der Waals surface area (Å²) in [6, 6.07) is -0.669. The van der Waals surface area contributed by atoms with E-state index in [1.165, 1.54) is 6.42 Å². The number of carbonyl (C=O) groups excluding carboxylic acids is 1. The second-order valence-electron chi connectivity index (χ2n) is 5.46. The van der Waals surface area contributed by atoms with Crippen LogP contribution in [-0.4, -0.2) is 44.3 Å². The molecule has 2 atom stereocenters. The van der Waals surface area contributed by atoms with Crippen molar-refractivity contribution in [3.8, 4) is 0 Å². The van der Waals surface area contributed by atoms with Crippen molar-refractivity contribution in [2.24, 2.45) is 5.92 Å². The Morgan fingerprint density at radius 2 is 2.05 bits per heavy atom. The topological polar surface area (TPSA) is 57.6 Å². The fourth-order valence-electron chi connectivity index (χ4n) is 3.00. The molecule has 1 aliphatic carbocycles. The number of thioether (sulfide) groups is 1. The summed E-state index contributed by atoms with van der Waals surface area (Å²) in [5, 5.41) is 9.37. The smallest absolute Gasteiger partial charge is 0.327 e. The number of thiol groups is 1. The number of amides is 1. The second kappa shape index (κ2) is 5.95. The van der Waals surface area contributed by atoms with Crippen LogP contribution >= 0.6 is 24.4 Å². The molecule has 1 saturated heterocycles. The first-order chi connectivity index (χ1) is 9.02. The van der Waals surface area contributed by atoms with Crippen LogP contribution in [0, 0.1) is 5.92 Å². The standard InChI is InChI=1S/C13H21NO3S2/c1-9(7-18)11(15)14-10(12(16)17)8-19-13(14)5-3-2-4-6-13/h9-10,18H,2-8H2,1H3,(H,16,17)/t9?,10-/m0/s1. The molecule has 1 spiro atoms. The molecule has 4 nitrogen and oxygen atoms in total. The van der Waals surface area contributed by atoms with Crippen LogP contribution in [0.4, 0.5) is 0 Å². The summed E-state index contributed by atoms with van der Waals surface area (Å²) >= 11 is 5.85. The molecule has 1 unspecified atom stereocenters. The number of nitrogens with zero attached hydrogens (tertiary/aromatic N) is 1. The lowest BCUT2D eigenvalue weighted by atomic mass is 9.91. The highest BCUT2D eigenvalue weighted by molar-refractivity contribution is 8.01. The average molecular weight is 303 g/mol. The molecular formula is C13H21NO3S2. The predicted octanol–water partition coefficient (Wildman–Crippen LogP) is 2.24. The number of hydrogen-bond donors (Lipinski definition) is 2. The van der Waals surface area contributed by atoms with Crippen molar-refractivity contribution in [1.29, 1.82) is 0 Å². The van der Waals surface area contributed by atoms with E-state index < -0.39 is 12.0 Å². The minimum Gasteiger partial charge on any atom is -0.480 e. The summed E-state index contributed by atoms with van der Waals surface area (Å²) in [6.45, 7) is 1.83. The number of carbonyl (C=O) groups is 2. The fraction of sp³-hybridized carbons (Fsp3) is 0.846. The normalized spacial score (nSPS) is 27.5. The van der Waals surface area contributed by atoms with Gasteiger partial charge in [-0.2, -0.15) is 12.6 Å². The van der Waals surface area contributed by atoms with Crippen molar-refractivity contribution >= 4 is 36.3 Å². The molecule has 0 aromatic heterocycles. The van der Waals surface area contributed by atoms with Crippen molar-refractivity contribution in [1.82, 2.24) is 4.90 Å². The molecule has 0 aromatic carbocycles. The highest BCUT2D eigenvalue weighted by atomic mass is 32.2. The average Bonchev–Trinajstić information content (AvgIpc) is 2.77. The van der Waals surface area contributed by atoms with Gasteiger partial charge in [-0.15, -0.1) is 11.8 Å². The van der Waals surface area contributed by atoms with Gasteiger partial charge in [0.05, 0.1) is 4.87 Å². The SMILES string of the molecule is CC(CS)C(=O)N1[C@H](C(=O)O)CSC12CCCCC2. The van der Waals surface area contributed by atoms with E-state index >= 15 is 0 Å². The third-order valence-corrected chi connectivity index (χ3v) is 6.29. The van der Waals surface area contributed by atoms with Gasteiger partial charge in [0.2, 0.25) is 5.91 Å². The predicted molar refractivity (Wildman–Crippen MR) is 79.6 cm³/mol. The second-order valence-corrected chi connectivity index (χ2v) is 7.21. The van der Waals surface area contributed by atoms with Crippen molar-refractivity contribution in [3.63, 3.8) is 0 Å². The number of hydrogen-bond acceptors (Lipinski definition) is 4. The van der Waals surface area contributed by atoms with Crippen LogP contribution in [0.5, 0.6) is 0 Å². The molecule has 108 valence electrons. The molecule has 6 heteroatoms. The summed E-state index contributed by atoms with van der Waals surface area (Å²) in [5.41, 5.74) is 0. The van der Waals surface area contributed by atoms with Crippen molar-refractivity contribution in [3.05, 3.63) is 0 Å². The van der Waals surface area contributed by atoms with Crippen LogP contribution in [0.1, 0.15) is 39.0 Å². The summed E-state index contributed by atoms with van der Waals surface area (Å²) < 4.78 is 0. The van der Waals surface area contributed by atoms with Gasteiger partial charge in [-0.05, 0) is 12.8 Å². The van der Waals surface area contributed by atoms with Crippen LogP contribution in [0.15, 0.2) is 0 Å². The zero-order valence-electron chi connectivity index (χ0n) is 11.2. The zero-order valence-corrected chi connectivity index (χ0v) is 12.9. The van der Waals surface area contributed by atoms with Gasteiger partial charge in [-0.1, -0.05) is 26.2 Å². The van der Waals surface area contributed by atoms with Gasteiger partial charge in [0.25, 0.3) is 0 Å². The highest BCUT2D eigenvalue weighted by Crippen LogP contribution is 2.49. The first-order valence-corrected chi connectivity index (χ1v) is 8.44. The molecule has 1 heterocycles. The first kappa shape index (κ1) is 15.0. The molecule has 1 saturated carbocycles. The fourth-order valence-corrected chi connectivity index (χ4v) is 4.85. The molecular weight excluding hydrogens is 282 g/mol. The van der Waals surface area contributed by atoms with Crippen molar-refractivity contribution in [2.45, 2.75) is 49.9 Å². The largest absolute Gasteiger partial charge is 0.480 e. The van der Waals surface area contributed by atoms with Gasteiger partial charge in [-0.25, -0.2) is 4.79 Å². The zero-order chi connectivity index (χ0) is 14.0. The summed E-state index contributed by atoms with van der Waals surface area (Å²) in [7, 11) is 0. The molecule has 1 amide bonds. The first-order valence-electron chi connectivity index (χ1n) is 6.82. The quantitative estimate of drug-likeness (QED) is 0.785. The Labute approximate surface area is 123 Å². The molecule has 1 N–H and O–H groups in total. The molecule has 2 rings (SSSR count). The van der Waals surface area contributed by atoms with E-state index in [4.69, 9.17) is 0 Å². The molecule has 2 aliphatic rings. The maximum atomic E-state index is 12.6. The van der Waals surface area contributed by atoms with E-state index in [-0.39, 0.29) is 16.7 Å². The number of carboxylic acid groups (broad SMARTS) is 1. The van der Waals surface area contributed by atoms with Gasteiger partial charge in [0.1, 0.15) is 6.04 Å².